The maximum Gasteiger partial charge on any atom is 0.271 e. The monoisotopic (exact) mass is 480 g/mol. The maximum atomic E-state index is 13.7. The number of imide groups is 1. The van der Waals surface area contributed by atoms with E-state index < -0.39 is 17.7 Å². The van der Waals surface area contributed by atoms with Crippen molar-refractivity contribution >= 4 is 68.0 Å². The van der Waals surface area contributed by atoms with E-state index in [9.17, 15) is 14.4 Å². The summed E-state index contributed by atoms with van der Waals surface area (Å²) in [7, 11) is 0. The number of thiophene rings is 1. The highest BCUT2D eigenvalue weighted by Gasteiger charge is 2.38. The molecule has 0 bridgehead atoms. The second-order valence-electron chi connectivity index (χ2n) is 7.18. The fraction of sp³-hybridized carbons (Fsp3) is 0.0417. The van der Waals surface area contributed by atoms with Crippen LogP contribution in [0.25, 0.3) is 10.1 Å². The van der Waals surface area contributed by atoms with E-state index in [2.05, 4.69) is 0 Å². The number of benzene rings is 3. The van der Waals surface area contributed by atoms with Crippen molar-refractivity contribution in [2.45, 2.75) is 0 Å². The number of carbonyl (C=O) groups excluding carboxylic acids is 3. The highest BCUT2D eigenvalue weighted by atomic mass is 35.5. The van der Waals surface area contributed by atoms with E-state index in [1.807, 2.05) is 24.3 Å². The summed E-state index contributed by atoms with van der Waals surface area (Å²) in [5.74, 6) is -1.30. The van der Waals surface area contributed by atoms with Crippen molar-refractivity contribution in [3.05, 3.63) is 98.8 Å². The lowest BCUT2D eigenvalue weighted by molar-refractivity contribution is 0.0650. The molecule has 32 heavy (non-hydrogen) atoms. The minimum absolute atomic E-state index is 0.253. The number of rotatable bonds is 4. The van der Waals surface area contributed by atoms with Gasteiger partial charge in [0, 0.05) is 20.8 Å². The number of fused-ring (bicyclic) bond motifs is 2. The van der Waals surface area contributed by atoms with E-state index in [0.717, 1.165) is 15.0 Å². The molecule has 0 spiro atoms. The third kappa shape index (κ3) is 3.37. The third-order valence-electron chi connectivity index (χ3n) is 5.27. The molecule has 8 heteroatoms. The summed E-state index contributed by atoms with van der Waals surface area (Å²) in [5.41, 5.74) is 1.13. The fourth-order valence-electron chi connectivity index (χ4n) is 3.67. The van der Waals surface area contributed by atoms with Crippen molar-refractivity contribution in [3.8, 4) is 0 Å². The zero-order chi connectivity index (χ0) is 22.4. The molecule has 0 unspecified atom stereocenters. The summed E-state index contributed by atoms with van der Waals surface area (Å²) in [6, 6.07) is 20.7. The standard InChI is InChI=1S/C24H14Cl2N2O3S/c25-14-9-11-15(12-10-14)27(13-28-22(29)16-5-1-2-6-17(16)23(28)30)24(31)21-20(26)18-7-3-4-8-19(18)32-21/h1-12H,13H2. The van der Waals surface area contributed by atoms with Gasteiger partial charge in [-0.25, -0.2) is 0 Å². The molecule has 158 valence electrons. The lowest BCUT2D eigenvalue weighted by Gasteiger charge is -2.27. The Morgan fingerprint density at radius 3 is 2.06 bits per heavy atom. The van der Waals surface area contributed by atoms with Crippen LogP contribution >= 0.6 is 34.5 Å². The molecule has 3 aromatic carbocycles. The maximum absolute atomic E-state index is 13.7. The molecule has 1 aliphatic rings. The molecule has 1 aliphatic heterocycles. The summed E-state index contributed by atoms with van der Waals surface area (Å²) >= 11 is 13.8. The first kappa shape index (κ1) is 20.7. The zero-order valence-electron chi connectivity index (χ0n) is 16.4. The number of anilines is 1. The van der Waals surface area contributed by atoms with Crippen molar-refractivity contribution in [2.75, 3.05) is 11.6 Å². The van der Waals surface area contributed by atoms with E-state index in [1.165, 1.54) is 16.2 Å². The molecule has 5 nitrogen and oxygen atoms in total. The molecule has 0 N–H and O–H groups in total. The zero-order valence-corrected chi connectivity index (χ0v) is 18.7. The van der Waals surface area contributed by atoms with Gasteiger partial charge in [-0.2, -0.15) is 0 Å². The molecule has 0 radical (unpaired) electrons. The van der Waals surface area contributed by atoms with Crippen molar-refractivity contribution in [3.63, 3.8) is 0 Å². The molecule has 3 amide bonds. The quantitative estimate of drug-likeness (QED) is 0.331. The number of hydrogen-bond donors (Lipinski definition) is 0. The SMILES string of the molecule is O=C1c2ccccc2C(=O)N1CN(C(=O)c1sc2ccccc2c1Cl)c1ccc(Cl)cc1. The number of hydrogen-bond acceptors (Lipinski definition) is 4. The molecule has 4 aromatic rings. The second kappa shape index (κ2) is 8.06. The van der Waals surface area contributed by atoms with Crippen molar-refractivity contribution in [1.29, 1.82) is 0 Å². The summed E-state index contributed by atoms with van der Waals surface area (Å²) in [5, 5.41) is 1.62. The van der Waals surface area contributed by atoms with Gasteiger partial charge in [-0.1, -0.05) is 53.5 Å². The number of amides is 3. The first-order valence-electron chi connectivity index (χ1n) is 9.65. The summed E-state index contributed by atoms with van der Waals surface area (Å²) < 4.78 is 0.873. The van der Waals surface area contributed by atoms with E-state index in [0.29, 0.717) is 31.7 Å². The van der Waals surface area contributed by atoms with Crippen molar-refractivity contribution < 1.29 is 14.4 Å². The van der Waals surface area contributed by atoms with Gasteiger partial charge in [0.1, 0.15) is 11.5 Å². The summed E-state index contributed by atoms with van der Waals surface area (Å²) in [4.78, 5) is 42.3. The van der Waals surface area contributed by atoms with Gasteiger partial charge >= 0.3 is 0 Å². The number of nitrogens with zero attached hydrogens (tertiary/aromatic N) is 2. The topological polar surface area (TPSA) is 57.7 Å². The molecule has 0 fully saturated rings. The van der Waals surface area contributed by atoms with Gasteiger partial charge in [-0.05, 0) is 42.5 Å². The molecular weight excluding hydrogens is 467 g/mol. The van der Waals surface area contributed by atoms with E-state index in [-0.39, 0.29) is 6.67 Å². The van der Waals surface area contributed by atoms with Gasteiger partial charge in [0.15, 0.2) is 0 Å². The fourth-order valence-corrected chi connectivity index (χ4v) is 5.25. The Labute approximate surface area is 197 Å². The summed E-state index contributed by atoms with van der Waals surface area (Å²) in [6.07, 6.45) is 0. The molecule has 2 heterocycles. The van der Waals surface area contributed by atoms with Crippen LogP contribution in [0.5, 0.6) is 0 Å². The van der Waals surface area contributed by atoms with Crippen LogP contribution in [0.4, 0.5) is 5.69 Å². The Kier molecular flexibility index (Phi) is 5.21. The van der Waals surface area contributed by atoms with Crippen LogP contribution in [0.3, 0.4) is 0 Å². The summed E-state index contributed by atoms with van der Waals surface area (Å²) in [6.45, 7) is -0.253. The second-order valence-corrected chi connectivity index (χ2v) is 9.04. The lowest BCUT2D eigenvalue weighted by Crippen LogP contribution is -2.44. The van der Waals surface area contributed by atoms with E-state index in [4.69, 9.17) is 23.2 Å². The van der Waals surface area contributed by atoms with Gasteiger partial charge in [-0.15, -0.1) is 11.3 Å². The average Bonchev–Trinajstić information content (AvgIpc) is 3.27. The number of halogens is 2. The van der Waals surface area contributed by atoms with Gasteiger partial charge in [0.25, 0.3) is 17.7 Å². The average molecular weight is 481 g/mol. The van der Waals surface area contributed by atoms with Gasteiger partial charge in [0.2, 0.25) is 0 Å². The molecule has 5 rings (SSSR count). The number of carbonyl (C=O) groups is 3. The first-order valence-corrected chi connectivity index (χ1v) is 11.2. The van der Waals surface area contributed by atoms with Crippen molar-refractivity contribution in [2.24, 2.45) is 0 Å². The Bertz CT molecular complexity index is 1360. The van der Waals surface area contributed by atoms with Crippen LogP contribution in [-0.4, -0.2) is 29.3 Å². The van der Waals surface area contributed by atoms with Crippen LogP contribution in [0.1, 0.15) is 30.4 Å². The van der Waals surface area contributed by atoms with Gasteiger partial charge < -0.3 is 0 Å². The Balaban J connectivity index is 1.56. The minimum atomic E-state index is -0.445. The molecular formula is C24H14Cl2N2O3S. The van der Waals surface area contributed by atoms with Crippen molar-refractivity contribution in [1.82, 2.24) is 4.90 Å². The van der Waals surface area contributed by atoms with Crippen LogP contribution in [-0.2, 0) is 0 Å². The van der Waals surface area contributed by atoms with E-state index in [1.54, 1.807) is 48.5 Å². The van der Waals surface area contributed by atoms with Crippen LogP contribution < -0.4 is 4.90 Å². The lowest BCUT2D eigenvalue weighted by atomic mass is 10.1. The first-order chi connectivity index (χ1) is 15.5. The van der Waals surface area contributed by atoms with E-state index >= 15 is 0 Å². The van der Waals surface area contributed by atoms with Crippen LogP contribution in [0, 0.1) is 0 Å². The Hall–Kier alpha value is -3.19. The van der Waals surface area contributed by atoms with Crippen LogP contribution in [0.15, 0.2) is 72.8 Å². The highest BCUT2D eigenvalue weighted by molar-refractivity contribution is 7.21. The predicted molar refractivity (Wildman–Crippen MR) is 127 cm³/mol. The van der Waals surface area contributed by atoms with Crippen LogP contribution in [0.2, 0.25) is 10.0 Å². The third-order valence-corrected chi connectivity index (χ3v) is 7.19. The molecule has 0 saturated carbocycles. The highest BCUT2D eigenvalue weighted by Crippen LogP contribution is 2.37. The van der Waals surface area contributed by atoms with Gasteiger partial charge in [0.05, 0.1) is 16.1 Å². The minimum Gasteiger partial charge on any atom is -0.289 e. The smallest absolute Gasteiger partial charge is 0.271 e. The molecule has 0 saturated heterocycles. The molecule has 0 aliphatic carbocycles. The van der Waals surface area contributed by atoms with Gasteiger partial charge in [-0.3, -0.25) is 24.2 Å². The normalized spacial score (nSPS) is 13.0. The molecule has 1 aromatic heterocycles. The Morgan fingerprint density at radius 2 is 1.44 bits per heavy atom. The predicted octanol–water partition coefficient (Wildman–Crippen LogP) is 6.11. The Morgan fingerprint density at radius 1 is 0.844 bits per heavy atom. The molecule has 0 atom stereocenters. The largest absolute Gasteiger partial charge is 0.289 e.